The molecule has 0 radical (unpaired) electrons. The molecule has 1 aliphatic carbocycles. The first-order valence-electron chi connectivity index (χ1n) is 14.2. The van der Waals surface area contributed by atoms with Crippen molar-refractivity contribution in [1.29, 1.82) is 0 Å². The Morgan fingerprint density at radius 2 is 1.70 bits per heavy atom. The number of rotatable bonds is 8. The number of aromatic nitrogens is 6. The van der Waals surface area contributed by atoms with Gasteiger partial charge in [-0.3, -0.25) is 4.68 Å². The lowest BCUT2D eigenvalue weighted by molar-refractivity contribution is -0.142. The van der Waals surface area contributed by atoms with Gasteiger partial charge in [0.2, 0.25) is 17.7 Å². The molecule has 16 heteroatoms. The van der Waals surface area contributed by atoms with Gasteiger partial charge in [-0.1, -0.05) is 0 Å². The number of ether oxygens (including phenoxy) is 4. The summed E-state index contributed by atoms with van der Waals surface area (Å²) in [7, 11) is 0. The minimum Gasteiger partial charge on any atom is -0.469 e. The summed E-state index contributed by atoms with van der Waals surface area (Å²) in [6.45, 7) is 1.87. The number of nitrogens with zero attached hydrogens (tertiary/aromatic N) is 6. The lowest BCUT2D eigenvalue weighted by Crippen LogP contribution is -2.41. The van der Waals surface area contributed by atoms with Gasteiger partial charge in [0.25, 0.3) is 0 Å². The Balaban J connectivity index is 0.965. The Hall–Kier alpha value is -4.05. The summed E-state index contributed by atoms with van der Waals surface area (Å²) >= 11 is 0. The van der Waals surface area contributed by atoms with Gasteiger partial charge in [-0.05, 0) is 38.5 Å². The van der Waals surface area contributed by atoms with E-state index in [4.69, 9.17) is 18.9 Å². The van der Waals surface area contributed by atoms with Crippen molar-refractivity contribution in [2.45, 2.75) is 68.9 Å². The Labute approximate surface area is 244 Å². The van der Waals surface area contributed by atoms with Gasteiger partial charge in [0.15, 0.2) is 0 Å². The van der Waals surface area contributed by atoms with Crippen LogP contribution in [-0.4, -0.2) is 80.4 Å². The van der Waals surface area contributed by atoms with E-state index in [2.05, 4.69) is 35.7 Å². The molecule has 43 heavy (non-hydrogen) atoms. The zero-order valence-electron chi connectivity index (χ0n) is 23.1. The minimum absolute atomic E-state index is 0.0528. The van der Waals surface area contributed by atoms with E-state index in [0.717, 1.165) is 37.8 Å². The van der Waals surface area contributed by atoms with E-state index < -0.39 is 29.8 Å². The molecule has 3 fully saturated rings. The summed E-state index contributed by atoms with van der Waals surface area (Å²) in [5.74, 6) is -0.394. The van der Waals surface area contributed by atoms with Crippen LogP contribution in [0, 0.1) is 0 Å². The van der Waals surface area contributed by atoms with Crippen LogP contribution in [0.5, 0.6) is 11.8 Å². The smallest absolute Gasteiger partial charge is 0.423 e. The molecule has 0 bridgehead atoms. The summed E-state index contributed by atoms with van der Waals surface area (Å²) in [4.78, 5) is 28.9. The Bertz CT molecular complexity index is 1390. The highest BCUT2D eigenvalue weighted by atomic mass is 19.4. The molecule has 2 N–H and O–H groups in total. The number of halogens is 3. The first-order chi connectivity index (χ1) is 20.8. The summed E-state index contributed by atoms with van der Waals surface area (Å²) in [6, 6.07) is 0.0745. The maximum absolute atomic E-state index is 13.4. The van der Waals surface area contributed by atoms with Gasteiger partial charge in [-0.25, -0.2) is 19.7 Å². The number of carbonyl (C=O) groups excluding carboxylic acids is 1. The molecule has 0 atom stereocenters. The van der Waals surface area contributed by atoms with Gasteiger partial charge < -0.3 is 29.6 Å². The fourth-order valence-electron chi connectivity index (χ4n) is 5.15. The monoisotopic (exact) mass is 604 g/mol. The number of carbonyl (C=O) groups is 1. The quantitative estimate of drug-likeness (QED) is 0.387. The number of hydrogen-bond acceptors (Lipinski definition) is 11. The van der Waals surface area contributed by atoms with E-state index in [1.165, 1.54) is 12.4 Å². The van der Waals surface area contributed by atoms with Crippen molar-refractivity contribution in [2.24, 2.45) is 0 Å². The predicted molar refractivity (Wildman–Crippen MR) is 143 cm³/mol. The second-order valence-electron chi connectivity index (χ2n) is 10.7. The van der Waals surface area contributed by atoms with Crippen LogP contribution in [0.15, 0.2) is 31.0 Å². The second-order valence-corrected chi connectivity index (χ2v) is 10.7. The molecule has 3 aliphatic rings. The second kappa shape index (κ2) is 12.7. The molecule has 1 saturated carbocycles. The summed E-state index contributed by atoms with van der Waals surface area (Å²) in [6.07, 6.45) is 5.90. The van der Waals surface area contributed by atoms with Gasteiger partial charge in [-0.2, -0.15) is 23.3 Å². The highest BCUT2D eigenvalue weighted by Gasteiger charge is 2.38. The summed E-state index contributed by atoms with van der Waals surface area (Å²) in [5.41, 5.74) is 0.404. The van der Waals surface area contributed by atoms with Crippen molar-refractivity contribution in [3.05, 3.63) is 36.5 Å². The summed E-state index contributed by atoms with van der Waals surface area (Å²) < 4.78 is 63.1. The first-order valence-corrected chi connectivity index (χ1v) is 14.2. The normalized spacial score (nSPS) is 21.6. The number of hydrogen-bond donors (Lipinski definition) is 2. The van der Waals surface area contributed by atoms with Gasteiger partial charge in [0, 0.05) is 43.3 Å². The predicted octanol–water partition coefficient (Wildman–Crippen LogP) is 3.79. The molecule has 3 aromatic rings. The molecule has 0 spiro atoms. The largest absolute Gasteiger partial charge is 0.469 e. The molecule has 13 nitrogen and oxygen atoms in total. The van der Waals surface area contributed by atoms with Crippen molar-refractivity contribution in [2.75, 3.05) is 31.7 Å². The third-order valence-electron chi connectivity index (χ3n) is 7.61. The summed E-state index contributed by atoms with van der Waals surface area (Å²) in [5, 5.41) is 10.4. The molecule has 2 aliphatic heterocycles. The Morgan fingerprint density at radius 3 is 2.37 bits per heavy atom. The molecule has 2 saturated heterocycles. The highest BCUT2D eigenvalue weighted by molar-refractivity contribution is 5.70. The van der Waals surface area contributed by atoms with E-state index >= 15 is 0 Å². The molecule has 0 unspecified atom stereocenters. The van der Waals surface area contributed by atoms with Crippen LogP contribution in [0.3, 0.4) is 0 Å². The van der Waals surface area contributed by atoms with Crippen LogP contribution in [-0.2, 0) is 15.7 Å². The van der Waals surface area contributed by atoms with Crippen molar-refractivity contribution in [1.82, 2.24) is 35.0 Å². The minimum atomic E-state index is -4.64. The average molecular weight is 605 g/mol. The zero-order chi connectivity index (χ0) is 29.8. The van der Waals surface area contributed by atoms with Crippen molar-refractivity contribution < 1.29 is 36.9 Å². The molecule has 1 amide bonds. The van der Waals surface area contributed by atoms with Gasteiger partial charge in [0.1, 0.15) is 11.7 Å². The van der Waals surface area contributed by atoms with Crippen LogP contribution in [0.2, 0.25) is 0 Å². The lowest BCUT2D eigenvalue weighted by Gasteiger charge is -2.30. The van der Waals surface area contributed by atoms with Gasteiger partial charge in [0.05, 0.1) is 43.5 Å². The number of anilines is 1. The van der Waals surface area contributed by atoms with Crippen LogP contribution in [0.1, 0.15) is 50.1 Å². The molecular weight excluding hydrogens is 573 g/mol. The maximum Gasteiger partial charge on any atom is 0.423 e. The Morgan fingerprint density at radius 1 is 0.930 bits per heavy atom. The topological polar surface area (TPSA) is 147 Å². The molecule has 5 heterocycles. The highest BCUT2D eigenvalue weighted by Crippen LogP contribution is 2.36. The zero-order valence-corrected chi connectivity index (χ0v) is 23.1. The maximum atomic E-state index is 13.4. The third kappa shape index (κ3) is 7.30. The van der Waals surface area contributed by atoms with Crippen LogP contribution < -0.4 is 20.1 Å². The number of amides is 1. The van der Waals surface area contributed by atoms with Crippen LogP contribution >= 0.6 is 0 Å². The standard InChI is InChI=1S/C27H31F3N8O5/c28-27(29,30)21-10-33-25(37-24(21)42-20-14-41-15-20)35-17-1-3-18(4-2-17)36-26(39)43-23-12-31-22(11-32-23)16-9-34-38(13-16)19-5-7-40-8-6-19/h9-13,17-20H,1-8,14-15H2,(H,36,39)(H,33,35,37). The van der Waals surface area contributed by atoms with Gasteiger partial charge in [-0.15, -0.1) is 0 Å². The Kier molecular flexibility index (Phi) is 8.56. The molecule has 3 aromatic heterocycles. The van der Waals surface area contributed by atoms with E-state index in [1.54, 1.807) is 6.20 Å². The SMILES string of the molecule is O=C(NC1CCC(Nc2ncc(C(F)(F)F)c(OC3COC3)n2)CC1)Oc1cnc(-c2cnn(C3CCOCC3)c2)cn1. The molecule has 230 valence electrons. The number of nitrogens with one attached hydrogen (secondary N) is 2. The fourth-order valence-corrected chi connectivity index (χ4v) is 5.15. The van der Waals surface area contributed by atoms with E-state index in [9.17, 15) is 18.0 Å². The van der Waals surface area contributed by atoms with Crippen molar-refractivity contribution in [3.8, 4) is 23.0 Å². The number of alkyl halides is 3. The van der Waals surface area contributed by atoms with E-state index in [1.807, 2.05) is 10.9 Å². The van der Waals surface area contributed by atoms with E-state index in [0.29, 0.717) is 37.4 Å². The van der Waals surface area contributed by atoms with Crippen LogP contribution in [0.4, 0.5) is 23.9 Å². The average Bonchev–Trinajstić information content (AvgIpc) is 3.47. The lowest BCUT2D eigenvalue weighted by atomic mass is 9.91. The van der Waals surface area contributed by atoms with Crippen molar-refractivity contribution in [3.63, 3.8) is 0 Å². The van der Waals surface area contributed by atoms with Crippen LogP contribution in [0.25, 0.3) is 11.3 Å². The molecular formula is C27H31F3N8O5. The first kappa shape index (κ1) is 29.0. The van der Waals surface area contributed by atoms with E-state index in [-0.39, 0.29) is 37.1 Å². The van der Waals surface area contributed by atoms with Crippen molar-refractivity contribution >= 4 is 12.0 Å². The fraction of sp³-hybridized carbons (Fsp3) is 0.556. The molecule has 6 rings (SSSR count). The molecule has 0 aromatic carbocycles. The third-order valence-corrected chi connectivity index (χ3v) is 7.61. The van der Waals surface area contributed by atoms with Gasteiger partial charge >= 0.3 is 12.3 Å².